The normalized spacial score (nSPS) is 20.2. The van der Waals surface area contributed by atoms with E-state index < -0.39 is 133 Å². The number of unbranched alkanes of at least 4 members (excludes halogenated alkanes) is 2. The van der Waals surface area contributed by atoms with E-state index >= 15 is 0 Å². The Balaban J connectivity index is 0.989. The third-order valence-corrected chi connectivity index (χ3v) is 21.3. The van der Waals surface area contributed by atoms with Crippen molar-refractivity contribution in [3.05, 3.63) is 83.9 Å². The van der Waals surface area contributed by atoms with Crippen LogP contribution in [0.15, 0.2) is 72.8 Å². The SMILES string of the molecule is CC[C@H](C)[C@@H]([C@@H](CC(=O)N1CCC[C@@H]1[C@H](OC)[C@@H](C)C(=O)N[C@H](C)[C@@H](O)c1ccccc1)OC)N(C)C(=O)[C@@H](NC(=O)[C@H](C(C)C)N(C)C(=O)CNC(=O)[C@H](Cc1ccccc1)NC(=O)CNC(=O)CNC(=O)CN1CCN2CCOCCN(CC1)CCN(C(=O)CCCCCN1C(=O)C=CC1=O)CC2)C(C)C. The highest BCUT2D eigenvalue weighted by molar-refractivity contribution is 6.12. The van der Waals surface area contributed by atoms with Gasteiger partial charge >= 0.3 is 0 Å². The minimum absolute atomic E-state index is 0.00217. The van der Waals surface area contributed by atoms with E-state index in [0.29, 0.717) is 148 Å². The predicted octanol–water partition coefficient (Wildman–Crippen LogP) is 1.11. The van der Waals surface area contributed by atoms with Crippen molar-refractivity contribution in [1.82, 2.24) is 71.1 Å². The number of imide groups is 1. The van der Waals surface area contributed by atoms with Crippen LogP contribution in [0.4, 0.5) is 0 Å². The highest BCUT2D eigenvalue weighted by Gasteiger charge is 2.44. The number of likely N-dealkylation sites (tertiary alicyclic amines) is 1. The molecule has 4 fully saturated rings. The van der Waals surface area contributed by atoms with Gasteiger partial charge in [0.2, 0.25) is 59.1 Å². The quantitative estimate of drug-likeness (QED) is 0.0366. The van der Waals surface area contributed by atoms with E-state index in [1.165, 1.54) is 48.1 Å². The van der Waals surface area contributed by atoms with Crippen LogP contribution < -0.4 is 31.9 Å². The fraction of sp³-hybridized carbons (Fsp3) is 0.667. The number of benzene rings is 2. The van der Waals surface area contributed by atoms with Crippen LogP contribution in [-0.2, 0) is 78.2 Å². The standard InChI is InChI=1S/C78H122N14O16/c1-13-54(6)72(61(106-11)47-68(99)91-33-23-28-60(91)74(107-12)55(7)75(102)82-56(8)73(101)58-26-19-15-20-27-58)86(10)78(105)70(52(2)3)84-77(104)71(53(4)5)85(9)69(100)50-81-76(103)59(46-57-24-17-14-18-25-57)83-63(94)49-79-62(93)48-80-64(95)51-89-36-34-87-38-40-90(41-39-88(35-37-89)43-45-108-44-42-87)65(96)29-21-16-22-32-92-66(97)30-31-67(92)98/h14-15,17-20,24-27,30-31,52-56,59-61,70-74,101H,13,16,21-23,28-29,32-51H2,1-12H3,(H,79,93)(H,80,95)(H,81,103)(H,82,102)(H,83,94)(H,84,104)/t54-,55+,56+,59-,60+,61+,70-,71-,72-,73+,74+/m0/s1. The zero-order chi connectivity index (χ0) is 79.1. The lowest BCUT2D eigenvalue weighted by atomic mass is 9.89. The molecule has 12 amide bonds. The number of hydrogen-bond acceptors (Lipinski definition) is 19. The monoisotopic (exact) mass is 1510 g/mol. The lowest BCUT2D eigenvalue weighted by Gasteiger charge is -2.41. The van der Waals surface area contributed by atoms with Crippen molar-refractivity contribution in [2.24, 2.45) is 23.7 Å². The first-order valence-electron chi connectivity index (χ1n) is 38.5. The Hall–Kier alpha value is -8.26. The Labute approximate surface area is 637 Å². The van der Waals surface area contributed by atoms with E-state index in [1.54, 1.807) is 96.0 Å². The van der Waals surface area contributed by atoms with Gasteiger partial charge in [0, 0.05) is 132 Å². The largest absolute Gasteiger partial charge is 0.386 e. The molecular weight excluding hydrogens is 1390 g/mol. The van der Waals surface area contributed by atoms with Crippen LogP contribution in [-0.4, -0.2) is 310 Å². The summed E-state index contributed by atoms with van der Waals surface area (Å²) in [4.78, 5) is 178. The van der Waals surface area contributed by atoms with Gasteiger partial charge in [-0.25, -0.2) is 0 Å². The second-order valence-electron chi connectivity index (χ2n) is 29.7. The average molecular weight is 1510 g/mol. The van der Waals surface area contributed by atoms with E-state index in [4.69, 9.17) is 14.2 Å². The Morgan fingerprint density at radius 1 is 0.620 bits per heavy atom. The molecule has 5 aliphatic heterocycles. The van der Waals surface area contributed by atoms with Gasteiger partial charge in [0.05, 0.1) is 88.2 Å². The number of likely N-dealkylation sites (N-methyl/N-ethyl adjacent to an activating group) is 2. The summed E-state index contributed by atoms with van der Waals surface area (Å²) in [7, 11) is 6.06. The number of carbonyl (C=O) groups excluding carboxylic acids is 12. The van der Waals surface area contributed by atoms with E-state index in [2.05, 4.69) is 41.7 Å². The molecular formula is C78H122N14O16. The maximum absolute atomic E-state index is 14.9. The molecule has 2 bridgehead atoms. The van der Waals surface area contributed by atoms with Crippen molar-refractivity contribution in [2.75, 3.05) is 146 Å². The highest BCUT2D eigenvalue weighted by atomic mass is 16.5. The number of nitrogens with zero attached hydrogens (tertiary/aromatic N) is 8. The zero-order valence-corrected chi connectivity index (χ0v) is 65.7. The second-order valence-corrected chi connectivity index (χ2v) is 29.7. The van der Waals surface area contributed by atoms with Gasteiger partial charge in [0.25, 0.3) is 11.8 Å². The summed E-state index contributed by atoms with van der Waals surface area (Å²) in [5.41, 5.74) is 1.34. The number of aliphatic hydroxyl groups is 1. The molecule has 0 radical (unpaired) electrons. The molecule has 7 rings (SSSR count). The van der Waals surface area contributed by atoms with Crippen LogP contribution in [0, 0.1) is 23.7 Å². The lowest BCUT2D eigenvalue weighted by Crippen LogP contribution is -2.61. The van der Waals surface area contributed by atoms with Crippen LogP contribution in [0.2, 0.25) is 0 Å². The topological polar surface area (TPSA) is 351 Å². The van der Waals surface area contributed by atoms with Crippen LogP contribution in [0.3, 0.4) is 0 Å². The summed E-state index contributed by atoms with van der Waals surface area (Å²) in [6.45, 7) is 20.4. The Morgan fingerprint density at radius 2 is 1.22 bits per heavy atom. The lowest BCUT2D eigenvalue weighted by molar-refractivity contribution is -0.148. The zero-order valence-electron chi connectivity index (χ0n) is 65.7. The number of amides is 12. The number of fused-ring (bicyclic) bond motifs is 12. The molecule has 30 heteroatoms. The van der Waals surface area contributed by atoms with Crippen molar-refractivity contribution in [2.45, 2.75) is 168 Å². The number of rotatable bonds is 38. The van der Waals surface area contributed by atoms with Crippen LogP contribution in [0.25, 0.3) is 0 Å². The van der Waals surface area contributed by atoms with Crippen molar-refractivity contribution >= 4 is 70.9 Å². The summed E-state index contributed by atoms with van der Waals surface area (Å²) in [5, 5.41) is 27.4. The van der Waals surface area contributed by atoms with E-state index in [1.807, 2.05) is 41.8 Å². The van der Waals surface area contributed by atoms with Crippen molar-refractivity contribution in [3.8, 4) is 0 Å². The van der Waals surface area contributed by atoms with Gasteiger partial charge in [-0.2, -0.15) is 0 Å². The molecule has 5 heterocycles. The van der Waals surface area contributed by atoms with Gasteiger partial charge in [-0.05, 0) is 61.5 Å². The van der Waals surface area contributed by atoms with Gasteiger partial charge in [-0.3, -0.25) is 77.1 Å². The first kappa shape index (κ1) is 88.6. The first-order valence-corrected chi connectivity index (χ1v) is 38.5. The Bertz CT molecular complexity index is 3270. The first-order chi connectivity index (χ1) is 51.6. The molecule has 0 aliphatic carbocycles. The molecule has 108 heavy (non-hydrogen) atoms. The summed E-state index contributed by atoms with van der Waals surface area (Å²) in [5.74, 6) is -7.18. The number of methoxy groups -OCH3 is 2. The fourth-order valence-corrected chi connectivity index (χ4v) is 14.5. The predicted molar refractivity (Wildman–Crippen MR) is 405 cm³/mol. The Kier molecular flexibility index (Phi) is 37.0. The smallest absolute Gasteiger partial charge is 0.253 e. The number of hydrogen-bond donors (Lipinski definition) is 7. The van der Waals surface area contributed by atoms with Gasteiger partial charge < -0.3 is 70.8 Å². The number of aliphatic hydroxyl groups excluding tert-OH is 1. The number of nitrogens with one attached hydrogen (secondary N) is 6. The van der Waals surface area contributed by atoms with Gasteiger partial charge in [0.15, 0.2) is 0 Å². The summed E-state index contributed by atoms with van der Waals surface area (Å²) in [6, 6.07) is 12.8. The van der Waals surface area contributed by atoms with Crippen molar-refractivity contribution in [1.29, 1.82) is 0 Å². The van der Waals surface area contributed by atoms with E-state index in [-0.39, 0.29) is 54.8 Å². The molecule has 0 spiro atoms. The molecule has 7 N–H and O–H groups in total. The summed E-state index contributed by atoms with van der Waals surface area (Å²) < 4.78 is 18.1. The molecule has 2 aromatic rings. The number of ether oxygens (including phenoxy) is 3. The molecule has 0 saturated carbocycles. The summed E-state index contributed by atoms with van der Waals surface area (Å²) >= 11 is 0. The molecule has 2 unspecified atom stereocenters. The van der Waals surface area contributed by atoms with Gasteiger partial charge in [-0.15, -0.1) is 0 Å². The third kappa shape index (κ3) is 27.1. The Morgan fingerprint density at radius 3 is 1.81 bits per heavy atom. The van der Waals surface area contributed by atoms with E-state index in [0.717, 1.165) is 0 Å². The molecule has 0 aromatic heterocycles. The molecule has 5 aliphatic rings. The van der Waals surface area contributed by atoms with Crippen molar-refractivity contribution < 1.29 is 76.9 Å². The van der Waals surface area contributed by atoms with E-state index in [9.17, 15) is 62.6 Å². The van der Waals surface area contributed by atoms with Crippen molar-refractivity contribution in [3.63, 3.8) is 0 Å². The fourth-order valence-electron chi connectivity index (χ4n) is 14.5. The number of carbonyl (C=O) groups is 12. The maximum atomic E-state index is 14.9. The van der Waals surface area contributed by atoms with Crippen LogP contribution in [0.1, 0.15) is 124 Å². The molecule has 2 aromatic carbocycles. The highest BCUT2D eigenvalue weighted by Crippen LogP contribution is 2.31. The average Bonchev–Trinajstić information content (AvgIpc) is 1.41. The van der Waals surface area contributed by atoms with Gasteiger partial charge in [0.1, 0.15) is 18.1 Å². The molecule has 13 atom stereocenters. The minimum atomic E-state index is -1.22. The molecule has 600 valence electrons. The molecule has 30 nitrogen and oxygen atoms in total. The third-order valence-electron chi connectivity index (χ3n) is 21.3. The van der Waals surface area contributed by atoms with Crippen LogP contribution >= 0.6 is 0 Å². The molecule has 4 saturated heterocycles. The maximum Gasteiger partial charge on any atom is 0.253 e. The minimum Gasteiger partial charge on any atom is -0.386 e. The summed E-state index contributed by atoms with van der Waals surface area (Å²) in [6.07, 6.45) is 4.20. The van der Waals surface area contributed by atoms with Crippen LogP contribution in [0.5, 0.6) is 0 Å². The van der Waals surface area contributed by atoms with Gasteiger partial charge in [-0.1, -0.05) is 122 Å². The second kappa shape index (κ2) is 45.0.